The van der Waals surface area contributed by atoms with E-state index in [2.05, 4.69) is 10.6 Å². The second-order valence-electron chi connectivity index (χ2n) is 4.16. The van der Waals surface area contributed by atoms with Gasteiger partial charge in [-0.1, -0.05) is 6.07 Å². The van der Waals surface area contributed by atoms with Crippen LogP contribution in [0.15, 0.2) is 18.2 Å². The molecular formula is C12H11FN2O4. The summed E-state index contributed by atoms with van der Waals surface area (Å²) in [5.41, 5.74) is -0.704. The number of nitrogens with one attached hydrogen (secondary N) is 2. The fourth-order valence-electron chi connectivity index (χ4n) is 1.85. The molecule has 0 aromatic heterocycles. The maximum atomic E-state index is 13.6. The first-order chi connectivity index (χ1) is 8.99. The lowest BCUT2D eigenvalue weighted by Gasteiger charge is -2.12. The summed E-state index contributed by atoms with van der Waals surface area (Å²) in [7, 11) is 0. The summed E-state index contributed by atoms with van der Waals surface area (Å²) in [6.07, 6.45) is 0.0166. The molecule has 1 atom stereocenters. The number of carbonyl (C=O) groups excluding carboxylic acids is 2. The number of anilines is 1. The van der Waals surface area contributed by atoms with Crippen molar-refractivity contribution in [3.05, 3.63) is 29.6 Å². The van der Waals surface area contributed by atoms with E-state index >= 15 is 0 Å². The van der Waals surface area contributed by atoms with Crippen molar-refractivity contribution in [1.29, 1.82) is 0 Å². The molecule has 7 heteroatoms. The molecule has 1 aromatic rings. The maximum Gasteiger partial charge on any atom is 0.337 e. The second kappa shape index (κ2) is 5.05. The predicted molar refractivity (Wildman–Crippen MR) is 63.1 cm³/mol. The minimum atomic E-state index is -1.34. The third-order valence-electron chi connectivity index (χ3n) is 2.84. The SMILES string of the molecule is O=C1CC(C(=O)Nc2c(F)cccc2C(=O)O)CN1. The van der Waals surface area contributed by atoms with E-state index in [4.69, 9.17) is 5.11 Å². The highest BCUT2D eigenvalue weighted by Gasteiger charge is 2.29. The molecule has 1 aliphatic heterocycles. The fraction of sp³-hybridized carbons (Fsp3) is 0.250. The minimum absolute atomic E-state index is 0.0166. The van der Waals surface area contributed by atoms with E-state index in [1.807, 2.05) is 0 Å². The van der Waals surface area contributed by atoms with Gasteiger partial charge in [-0.15, -0.1) is 0 Å². The molecule has 0 spiro atoms. The summed E-state index contributed by atoms with van der Waals surface area (Å²) in [6, 6.07) is 3.49. The summed E-state index contributed by atoms with van der Waals surface area (Å²) < 4.78 is 13.6. The lowest BCUT2D eigenvalue weighted by molar-refractivity contribution is -0.123. The fourth-order valence-corrected chi connectivity index (χ4v) is 1.85. The van der Waals surface area contributed by atoms with E-state index in [1.54, 1.807) is 0 Å². The molecule has 2 rings (SSSR count). The van der Waals surface area contributed by atoms with Gasteiger partial charge in [-0.05, 0) is 12.1 Å². The predicted octanol–water partition coefficient (Wildman–Crippen LogP) is 0.599. The van der Waals surface area contributed by atoms with E-state index in [0.29, 0.717) is 0 Å². The van der Waals surface area contributed by atoms with Gasteiger partial charge in [0.05, 0.1) is 17.2 Å². The number of carboxylic acids is 1. The van der Waals surface area contributed by atoms with E-state index in [9.17, 15) is 18.8 Å². The number of benzene rings is 1. The number of rotatable bonds is 3. The molecule has 0 aliphatic carbocycles. The molecule has 0 saturated carbocycles. The Morgan fingerprint density at radius 3 is 2.74 bits per heavy atom. The Balaban J connectivity index is 2.21. The monoisotopic (exact) mass is 266 g/mol. The van der Waals surface area contributed by atoms with Crippen LogP contribution < -0.4 is 10.6 Å². The number of amides is 2. The van der Waals surface area contributed by atoms with Crippen LogP contribution in [0, 0.1) is 11.7 Å². The third-order valence-corrected chi connectivity index (χ3v) is 2.84. The van der Waals surface area contributed by atoms with Crippen molar-refractivity contribution in [2.45, 2.75) is 6.42 Å². The number of hydrogen-bond donors (Lipinski definition) is 3. The van der Waals surface area contributed by atoms with Crippen LogP contribution in [0.3, 0.4) is 0 Å². The minimum Gasteiger partial charge on any atom is -0.478 e. The van der Waals surface area contributed by atoms with Gasteiger partial charge in [0.25, 0.3) is 0 Å². The average molecular weight is 266 g/mol. The molecule has 1 saturated heterocycles. The molecule has 1 heterocycles. The zero-order valence-electron chi connectivity index (χ0n) is 9.77. The van der Waals surface area contributed by atoms with Crippen LogP contribution in [0.1, 0.15) is 16.8 Å². The number of carbonyl (C=O) groups is 3. The summed E-state index contributed by atoms with van der Waals surface area (Å²) in [5, 5.41) is 13.6. The third kappa shape index (κ3) is 2.70. The molecule has 1 unspecified atom stereocenters. The smallest absolute Gasteiger partial charge is 0.337 e. The van der Waals surface area contributed by atoms with Crippen molar-refractivity contribution in [2.24, 2.45) is 5.92 Å². The normalized spacial score (nSPS) is 17.9. The molecule has 0 radical (unpaired) electrons. The van der Waals surface area contributed by atoms with Gasteiger partial charge in [-0.25, -0.2) is 9.18 Å². The topological polar surface area (TPSA) is 95.5 Å². The van der Waals surface area contributed by atoms with Crippen LogP contribution in [0.25, 0.3) is 0 Å². The van der Waals surface area contributed by atoms with Gasteiger partial charge in [0.1, 0.15) is 5.82 Å². The van der Waals surface area contributed by atoms with Crippen molar-refractivity contribution in [3.63, 3.8) is 0 Å². The quantitative estimate of drug-likeness (QED) is 0.746. The van der Waals surface area contributed by atoms with E-state index in [0.717, 1.165) is 6.07 Å². The molecule has 2 amide bonds. The Morgan fingerprint density at radius 2 is 2.16 bits per heavy atom. The number of para-hydroxylation sites is 1. The van der Waals surface area contributed by atoms with Crippen LogP contribution in [0.5, 0.6) is 0 Å². The number of hydrogen-bond acceptors (Lipinski definition) is 3. The van der Waals surface area contributed by atoms with Gasteiger partial charge in [0.15, 0.2) is 0 Å². The lowest BCUT2D eigenvalue weighted by Crippen LogP contribution is -2.26. The number of halogens is 1. The average Bonchev–Trinajstić information content (AvgIpc) is 2.78. The van der Waals surface area contributed by atoms with Crippen LogP contribution in [0.4, 0.5) is 10.1 Å². The summed E-state index contributed by atoms with van der Waals surface area (Å²) >= 11 is 0. The van der Waals surface area contributed by atoms with E-state index < -0.39 is 23.6 Å². The highest BCUT2D eigenvalue weighted by Crippen LogP contribution is 2.21. The standard InChI is InChI=1S/C12H11FN2O4/c13-8-3-1-2-7(12(18)19)10(8)15-11(17)6-4-9(16)14-5-6/h1-3,6H,4-5H2,(H,14,16)(H,15,17)(H,18,19). The van der Waals surface area contributed by atoms with E-state index in [1.165, 1.54) is 12.1 Å². The first kappa shape index (κ1) is 13.0. The van der Waals surface area contributed by atoms with Crippen LogP contribution in [-0.2, 0) is 9.59 Å². The molecule has 100 valence electrons. The maximum absolute atomic E-state index is 13.6. The Morgan fingerprint density at radius 1 is 1.42 bits per heavy atom. The molecule has 1 fully saturated rings. The number of aromatic carboxylic acids is 1. The summed E-state index contributed by atoms with van der Waals surface area (Å²) in [5.74, 6) is -3.62. The first-order valence-electron chi connectivity index (χ1n) is 5.58. The zero-order chi connectivity index (χ0) is 14.0. The Bertz CT molecular complexity index is 559. The van der Waals surface area contributed by atoms with Gasteiger partial charge in [-0.2, -0.15) is 0 Å². The Labute approximate surface area is 107 Å². The molecule has 3 N–H and O–H groups in total. The van der Waals surface area contributed by atoms with Gasteiger partial charge < -0.3 is 15.7 Å². The van der Waals surface area contributed by atoms with Gasteiger partial charge in [0.2, 0.25) is 11.8 Å². The summed E-state index contributed by atoms with van der Waals surface area (Å²) in [4.78, 5) is 33.8. The highest BCUT2D eigenvalue weighted by molar-refractivity contribution is 6.02. The molecular weight excluding hydrogens is 255 g/mol. The molecule has 1 aliphatic rings. The molecule has 19 heavy (non-hydrogen) atoms. The Kier molecular flexibility index (Phi) is 3.46. The van der Waals surface area contributed by atoms with Gasteiger partial charge in [0, 0.05) is 13.0 Å². The van der Waals surface area contributed by atoms with E-state index in [-0.39, 0.29) is 30.1 Å². The molecule has 0 bridgehead atoms. The van der Waals surface area contributed by atoms with Crippen molar-refractivity contribution < 1.29 is 23.9 Å². The van der Waals surface area contributed by atoms with Crippen LogP contribution >= 0.6 is 0 Å². The number of carboxylic acid groups (broad SMARTS) is 1. The van der Waals surface area contributed by atoms with Crippen LogP contribution in [0.2, 0.25) is 0 Å². The molecule has 1 aromatic carbocycles. The van der Waals surface area contributed by atoms with Crippen molar-refractivity contribution >= 4 is 23.5 Å². The second-order valence-corrected chi connectivity index (χ2v) is 4.16. The molecule has 6 nitrogen and oxygen atoms in total. The van der Waals surface area contributed by atoms with Crippen molar-refractivity contribution in [2.75, 3.05) is 11.9 Å². The van der Waals surface area contributed by atoms with Gasteiger partial charge in [-0.3, -0.25) is 9.59 Å². The van der Waals surface area contributed by atoms with Crippen molar-refractivity contribution in [3.8, 4) is 0 Å². The lowest BCUT2D eigenvalue weighted by atomic mass is 10.1. The summed E-state index contributed by atoms with van der Waals surface area (Å²) in [6.45, 7) is 0.168. The highest BCUT2D eigenvalue weighted by atomic mass is 19.1. The van der Waals surface area contributed by atoms with Gasteiger partial charge >= 0.3 is 5.97 Å². The Hall–Kier alpha value is -2.44. The first-order valence-corrected chi connectivity index (χ1v) is 5.58. The van der Waals surface area contributed by atoms with Crippen LogP contribution in [-0.4, -0.2) is 29.4 Å². The van der Waals surface area contributed by atoms with Crippen molar-refractivity contribution in [1.82, 2.24) is 5.32 Å². The largest absolute Gasteiger partial charge is 0.478 e. The zero-order valence-corrected chi connectivity index (χ0v) is 9.77.